The van der Waals surface area contributed by atoms with Gasteiger partial charge in [-0.2, -0.15) is 0 Å². The molecule has 1 N–H and O–H groups in total. The zero-order chi connectivity index (χ0) is 14.8. The van der Waals surface area contributed by atoms with Crippen LogP contribution >= 0.6 is 11.6 Å². The van der Waals surface area contributed by atoms with Crippen molar-refractivity contribution in [3.8, 4) is 5.75 Å². The van der Waals surface area contributed by atoms with Crippen molar-refractivity contribution in [2.45, 2.75) is 43.6 Å². The van der Waals surface area contributed by atoms with E-state index in [0.29, 0.717) is 29.2 Å². The highest BCUT2D eigenvalue weighted by Crippen LogP contribution is 2.33. The summed E-state index contributed by atoms with van der Waals surface area (Å²) >= 11 is 6.10. The second-order valence-electron chi connectivity index (χ2n) is 5.24. The molecule has 0 amide bonds. The van der Waals surface area contributed by atoms with E-state index < -0.39 is 9.84 Å². The smallest absolute Gasteiger partial charge is 0.150 e. The predicted molar refractivity (Wildman–Crippen MR) is 78.9 cm³/mol. The molecule has 6 heteroatoms. The third kappa shape index (κ3) is 3.65. The predicted octanol–water partition coefficient (Wildman–Crippen LogP) is 2.57. The quantitative estimate of drug-likeness (QED) is 0.926. The van der Waals surface area contributed by atoms with E-state index in [4.69, 9.17) is 16.3 Å². The zero-order valence-corrected chi connectivity index (χ0v) is 13.0. The highest BCUT2D eigenvalue weighted by atomic mass is 35.5. The average Bonchev–Trinajstić information content (AvgIpc) is 2.40. The molecule has 0 saturated heterocycles. The first-order chi connectivity index (χ1) is 9.41. The molecule has 0 radical (unpaired) electrons. The lowest BCUT2D eigenvalue weighted by Crippen LogP contribution is -2.33. The van der Waals surface area contributed by atoms with E-state index in [-0.39, 0.29) is 18.0 Å². The van der Waals surface area contributed by atoms with Crippen molar-refractivity contribution in [1.29, 1.82) is 0 Å². The van der Waals surface area contributed by atoms with Crippen LogP contribution in [0, 0.1) is 0 Å². The van der Waals surface area contributed by atoms with Crippen LogP contribution in [-0.4, -0.2) is 31.1 Å². The van der Waals surface area contributed by atoms with Crippen molar-refractivity contribution in [3.63, 3.8) is 0 Å². The Bertz CT molecular complexity index is 571. The largest absolute Gasteiger partial charge is 0.488 e. The molecule has 2 atom stereocenters. The van der Waals surface area contributed by atoms with Gasteiger partial charge in [-0.15, -0.1) is 0 Å². The summed E-state index contributed by atoms with van der Waals surface area (Å²) < 4.78 is 29.2. The average molecular weight is 319 g/mol. The van der Waals surface area contributed by atoms with E-state index in [2.05, 4.69) is 0 Å². The molecule has 0 bridgehead atoms. The molecule has 0 spiro atoms. The van der Waals surface area contributed by atoms with Crippen molar-refractivity contribution < 1.29 is 18.3 Å². The van der Waals surface area contributed by atoms with Crippen LogP contribution in [-0.2, 0) is 16.4 Å². The number of hydrogen-bond acceptors (Lipinski definition) is 4. The van der Waals surface area contributed by atoms with Crippen LogP contribution in [0.4, 0.5) is 0 Å². The summed E-state index contributed by atoms with van der Waals surface area (Å²) in [6.07, 6.45) is 3.90. The fraction of sp³-hybridized carbons (Fsp3) is 0.571. The van der Waals surface area contributed by atoms with E-state index in [9.17, 15) is 13.5 Å². The highest BCUT2D eigenvalue weighted by Gasteiger charge is 2.30. The van der Waals surface area contributed by atoms with Crippen LogP contribution < -0.4 is 4.74 Å². The number of halogens is 1. The molecule has 112 valence electrons. The molecule has 1 aliphatic carbocycles. The Morgan fingerprint density at radius 3 is 2.80 bits per heavy atom. The monoisotopic (exact) mass is 318 g/mol. The number of rotatable bonds is 4. The summed E-state index contributed by atoms with van der Waals surface area (Å²) in [4.78, 5) is 0. The number of sulfone groups is 1. The normalized spacial score (nSPS) is 23.6. The molecule has 4 nitrogen and oxygen atoms in total. The van der Waals surface area contributed by atoms with Crippen LogP contribution in [0.25, 0.3) is 0 Å². The Morgan fingerprint density at radius 1 is 1.40 bits per heavy atom. The van der Waals surface area contributed by atoms with Gasteiger partial charge in [0.25, 0.3) is 0 Å². The van der Waals surface area contributed by atoms with Gasteiger partial charge in [0.05, 0.1) is 16.9 Å². The van der Waals surface area contributed by atoms with Crippen LogP contribution in [0.5, 0.6) is 5.75 Å². The minimum Gasteiger partial charge on any atom is -0.488 e. The highest BCUT2D eigenvalue weighted by molar-refractivity contribution is 7.91. The van der Waals surface area contributed by atoms with E-state index in [0.717, 1.165) is 12.8 Å². The zero-order valence-electron chi connectivity index (χ0n) is 11.4. The van der Waals surface area contributed by atoms with Crippen LogP contribution in [0.15, 0.2) is 18.2 Å². The standard InChI is InChI=1S/C14H19ClO4S/c1-20(17,18)12-6-3-5-11(8-12)19-14-10(9-16)4-2-7-13(14)15/h2,4,7,11-12,16H,3,5-6,8-9H2,1H3. The summed E-state index contributed by atoms with van der Waals surface area (Å²) in [5.41, 5.74) is 0.624. The molecule has 0 aromatic heterocycles. The first kappa shape index (κ1) is 15.6. The van der Waals surface area contributed by atoms with Gasteiger partial charge in [-0.05, 0) is 25.3 Å². The minimum atomic E-state index is -3.04. The Labute approximate surface area is 124 Å². The van der Waals surface area contributed by atoms with E-state index in [1.54, 1.807) is 18.2 Å². The van der Waals surface area contributed by atoms with Gasteiger partial charge in [-0.25, -0.2) is 8.42 Å². The van der Waals surface area contributed by atoms with Crippen molar-refractivity contribution >= 4 is 21.4 Å². The maximum atomic E-state index is 11.7. The molecule has 20 heavy (non-hydrogen) atoms. The van der Waals surface area contributed by atoms with Gasteiger partial charge in [0.2, 0.25) is 0 Å². The fourth-order valence-electron chi connectivity index (χ4n) is 2.57. The number of para-hydroxylation sites is 1. The van der Waals surface area contributed by atoms with Crippen LogP contribution in [0.1, 0.15) is 31.2 Å². The molecule has 1 aromatic rings. The van der Waals surface area contributed by atoms with Gasteiger partial charge in [0, 0.05) is 18.2 Å². The number of aliphatic hydroxyl groups excluding tert-OH is 1. The van der Waals surface area contributed by atoms with E-state index in [1.807, 2.05) is 0 Å². The summed E-state index contributed by atoms with van der Waals surface area (Å²) in [6, 6.07) is 5.20. The topological polar surface area (TPSA) is 63.6 Å². The molecule has 0 heterocycles. The lowest BCUT2D eigenvalue weighted by Gasteiger charge is -2.29. The van der Waals surface area contributed by atoms with Crippen molar-refractivity contribution in [2.24, 2.45) is 0 Å². The lowest BCUT2D eigenvalue weighted by molar-refractivity contribution is 0.151. The maximum Gasteiger partial charge on any atom is 0.150 e. The summed E-state index contributed by atoms with van der Waals surface area (Å²) in [7, 11) is -3.04. The Morgan fingerprint density at radius 2 is 2.15 bits per heavy atom. The number of ether oxygens (including phenoxy) is 1. The van der Waals surface area contributed by atoms with Crippen LogP contribution in [0.2, 0.25) is 5.02 Å². The summed E-state index contributed by atoms with van der Waals surface area (Å²) in [5, 5.41) is 9.42. The molecular weight excluding hydrogens is 300 g/mol. The van der Waals surface area contributed by atoms with Crippen molar-refractivity contribution in [1.82, 2.24) is 0 Å². The third-order valence-electron chi connectivity index (χ3n) is 3.69. The summed E-state index contributed by atoms with van der Waals surface area (Å²) in [5.74, 6) is 0.468. The molecule has 2 rings (SSSR count). The number of hydrogen-bond donors (Lipinski definition) is 1. The Kier molecular flexibility index (Phi) is 4.94. The SMILES string of the molecule is CS(=O)(=O)C1CCCC(Oc2c(Cl)cccc2CO)C1. The van der Waals surface area contributed by atoms with Crippen molar-refractivity contribution in [2.75, 3.05) is 6.26 Å². The molecule has 1 saturated carbocycles. The van der Waals surface area contributed by atoms with E-state index >= 15 is 0 Å². The first-order valence-corrected chi connectivity index (χ1v) is 8.99. The van der Waals surface area contributed by atoms with Gasteiger partial charge in [0.1, 0.15) is 21.7 Å². The van der Waals surface area contributed by atoms with Crippen molar-refractivity contribution in [3.05, 3.63) is 28.8 Å². The fourth-order valence-corrected chi connectivity index (χ4v) is 3.97. The second-order valence-corrected chi connectivity index (χ2v) is 7.98. The molecule has 0 aliphatic heterocycles. The van der Waals surface area contributed by atoms with E-state index in [1.165, 1.54) is 6.26 Å². The Balaban J connectivity index is 2.14. The van der Waals surface area contributed by atoms with Gasteiger partial charge in [0.15, 0.2) is 0 Å². The molecule has 1 fully saturated rings. The number of benzene rings is 1. The van der Waals surface area contributed by atoms with Gasteiger partial charge in [-0.1, -0.05) is 23.7 Å². The third-order valence-corrected chi connectivity index (χ3v) is 5.62. The first-order valence-electron chi connectivity index (χ1n) is 6.65. The lowest BCUT2D eigenvalue weighted by atomic mass is 9.97. The molecule has 1 aromatic carbocycles. The molecule has 1 aliphatic rings. The summed E-state index contributed by atoms with van der Waals surface area (Å²) in [6.45, 7) is -0.155. The van der Waals surface area contributed by atoms with Gasteiger partial charge in [-0.3, -0.25) is 0 Å². The van der Waals surface area contributed by atoms with Gasteiger partial charge < -0.3 is 9.84 Å². The number of aliphatic hydroxyl groups is 1. The van der Waals surface area contributed by atoms with Crippen LogP contribution in [0.3, 0.4) is 0 Å². The second kappa shape index (κ2) is 6.33. The van der Waals surface area contributed by atoms with Gasteiger partial charge >= 0.3 is 0 Å². The molecule has 2 unspecified atom stereocenters. The molecular formula is C14H19ClO4S. The maximum absolute atomic E-state index is 11.7. The minimum absolute atomic E-state index is 0.155. The Hall–Kier alpha value is -0.780.